The average molecular weight is 261 g/mol. The summed E-state index contributed by atoms with van der Waals surface area (Å²) < 4.78 is 5.52. The van der Waals surface area contributed by atoms with E-state index in [1.54, 1.807) is 0 Å². The third kappa shape index (κ3) is 4.85. The molecule has 5 heteroatoms. The molecule has 1 rings (SSSR count). The van der Waals surface area contributed by atoms with Crippen molar-refractivity contribution in [1.82, 2.24) is 0 Å². The third-order valence-corrected chi connectivity index (χ3v) is 4.48. The van der Waals surface area contributed by atoms with Gasteiger partial charge in [-0.25, -0.2) is 0 Å². The molecule has 0 spiro atoms. The quantitative estimate of drug-likeness (QED) is 0.653. The monoisotopic (exact) mass is 261 g/mol. The van der Waals surface area contributed by atoms with Crippen molar-refractivity contribution in [2.45, 2.75) is 50.7 Å². The van der Waals surface area contributed by atoms with E-state index in [-0.39, 0.29) is 0 Å². The van der Waals surface area contributed by atoms with Gasteiger partial charge in [0.15, 0.2) is 0 Å². The summed E-state index contributed by atoms with van der Waals surface area (Å²) in [7, 11) is 0. The van der Waals surface area contributed by atoms with Gasteiger partial charge < -0.3 is 15.6 Å². The van der Waals surface area contributed by atoms with Gasteiger partial charge in [-0.1, -0.05) is 6.92 Å². The molecule has 3 N–H and O–H groups in total. The second-order valence-electron chi connectivity index (χ2n) is 4.63. The minimum absolute atomic E-state index is 0.410. The zero-order valence-corrected chi connectivity index (χ0v) is 11.3. The van der Waals surface area contributed by atoms with E-state index in [4.69, 9.17) is 15.6 Å². The summed E-state index contributed by atoms with van der Waals surface area (Å²) in [5.41, 5.74) is 4.77. The average Bonchev–Trinajstić information content (AvgIpc) is 2.81. The van der Waals surface area contributed by atoms with Crippen LogP contribution >= 0.6 is 11.8 Å². The lowest BCUT2D eigenvalue weighted by Gasteiger charge is -2.22. The third-order valence-electron chi connectivity index (χ3n) is 3.30. The van der Waals surface area contributed by atoms with Gasteiger partial charge in [-0.15, -0.1) is 0 Å². The first kappa shape index (κ1) is 14.8. The molecule has 0 bridgehead atoms. The van der Waals surface area contributed by atoms with Crippen LogP contribution in [0, 0.1) is 0 Å². The van der Waals surface area contributed by atoms with Crippen LogP contribution in [0.5, 0.6) is 0 Å². The first-order valence-electron chi connectivity index (χ1n) is 6.30. The van der Waals surface area contributed by atoms with Crippen molar-refractivity contribution in [3.63, 3.8) is 0 Å². The molecule has 0 aromatic rings. The van der Waals surface area contributed by atoms with Gasteiger partial charge in [-0.3, -0.25) is 4.79 Å². The van der Waals surface area contributed by atoms with E-state index in [0.29, 0.717) is 18.9 Å². The van der Waals surface area contributed by atoms with Gasteiger partial charge in [0.05, 0.1) is 6.10 Å². The minimum Gasteiger partial charge on any atom is -0.480 e. The highest BCUT2D eigenvalue weighted by Gasteiger charge is 2.30. The molecule has 0 aromatic heterocycles. The number of rotatable bonds is 8. The zero-order chi connectivity index (χ0) is 12.7. The predicted molar refractivity (Wildman–Crippen MR) is 70.4 cm³/mol. The van der Waals surface area contributed by atoms with Gasteiger partial charge >= 0.3 is 5.97 Å². The van der Waals surface area contributed by atoms with Gasteiger partial charge in [0, 0.05) is 12.4 Å². The summed E-state index contributed by atoms with van der Waals surface area (Å²) in [6.45, 7) is 2.72. The van der Waals surface area contributed by atoms with Crippen molar-refractivity contribution in [3.05, 3.63) is 0 Å². The second kappa shape index (κ2) is 7.24. The first-order chi connectivity index (χ1) is 8.08. The van der Waals surface area contributed by atoms with Crippen LogP contribution < -0.4 is 5.73 Å². The van der Waals surface area contributed by atoms with Crippen LogP contribution in [-0.4, -0.2) is 40.8 Å². The highest BCUT2D eigenvalue weighted by molar-refractivity contribution is 7.99. The molecule has 0 amide bonds. The van der Waals surface area contributed by atoms with Crippen LogP contribution in [0.15, 0.2) is 0 Å². The smallest absolute Gasteiger partial charge is 0.323 e. The van der Waals surface area contributed by atoms with Crippen LogP contribution in [0.4, 0.5) is 0 Å². The fourth-order valence-electron chi connectivity index (χ4n) is 1.92. The summed E-state index contributed by atoms with van der Waals surface area (Å²) in [5, 5.41) is 9.01. The number of carbonyl (C=O) groups is 1. The Morgan fingerprint density at radius 3 is 2.94 bits per heavy atom. The van der Waals surface area contributed by atoms with Gasteiger partial charge in [0.2, 0.25) is 0 Å². The van der Waals surface area contributed by atoms with E-state index in [9.17, 15) is 4.79 Å². The summed E-state index contributed by atoms with van der Waals surface area (Å²) >= 11 is 1.84. The number of hydrogen-bond donors (Lipinski definition) is 2. The molecule has 4 nitrogen and oxygen atoms in total. The fourth-order valence-corrected chi connectivity index (χ4v) is 2.96. The molecule has 0 saturated carbocycles. The first-order valence-corrected chi connectivity index (χ1v) is 7.45. The highest BCUT2D eigenvalue weighted by Crippen LogP contribution is 2.20. The molecule has 0 aromatic carbocycles. The van der Waals surface area contributed by atoms with E-state index in [0.717, 1.165) is 31.0 Å². The number of thioether (sulfide) groups is 1. The molecular formula is C12H23NO3S. The van der Waals surface area contributed by atoms with Crippen LogP contribution in [-0.2, 0) is 9.53 Å². The number of carboxylic acid groups (broad SMARTS) is 1. The molecule has 0 radical (unpaired) electrons. The Balaban J connectivity index is 2.08. The summed E-state index contributed by atoms with van der Waals surface area (Å²) in [4.78, 5) is 11.0. The van der Waals surface area contributed by atoms with Crippen LogP contribution in [0.25, 0.3) is 0 Å². The molecule has 2 unspecified atom stereocenters. The Morgan fingerprint density at radius 1 is 1.65 bits per heavy atom. The van der Waals surface area contributed by atoms with Gasteiger partial charge in [-0.2, -0.15) is 11.8 Å². The van der Waals surface area contributed by atoms with Crippen molar-refractivity contribution in [2.75, 3.05) is 18.1 Å². The Hall–Kier alpha value is -0.260. The normalized spacial score (nSPS) is 23.5. The maximum absolute atomic E-state index is 11.0. The molecule has 1 aliphatic heterocycles. The fraction of sp³-hybridized carbons (Fsp3) is 0.917. The van der Waals surface area contributed by atoms with Crippen molar-refractivity contribution in [3.8, 4) is 0 Å². The molecule has 1 fully saturated rings. The Bertz CT molecular complexity index is 244. The SMILES string of the molecule is CCC(N)(CCCSCC1CCCO1)C(=O)O. The maximum Gasteiger partial charge on any atom is 0.323 e. The Kier molecular flexibility index (Phi) is 6.30. The number of ether oxygens (including phenoxy) is 1. The van der Waals surface area contributed by atoms with Crippen molar-refractivity contribution < 1.29 is 14.6 Å². The Morgan fingerprint density at radius 2 is 2.41 bits per heavy atom. The van der Waals surface area contributed by atoms with E-state index in [2.05, 4.69) is 0 Å². The lowest BCUT2D eigenvalue weighted by Crippen LogP contribution is -2.47. The standard InChI is InChI=1S/C12H23NO3S/c1-2-12(13,11(14)15)6-4-8-17-9-10-5-3-7-16-10/h10H,2-9,13H2,1H3,(H,14,15). The van der Waals surface area contributed by atoms with E-state index >= 15 is 0 Å². The molecule has 17 heavy (non-hydrogen) atoms. The van der Waals surface area contributed by atoms with Crippen molar-refractivity contribution >= 4 is 17.7 Å². The highest BCUT2D eigenvalue weighted by atomic mass is 32.2. The number of nitrogens with two attached hydrogens (primary N) is 1. The molecular weight excluding hydrogens is 238 g/mol. The second-order valence-corrected chi connectivity index (χ2v) is 5.78. The number of hydrogen-bond acceptors (Lipinski definition) is 4. The lowest BCUT2D eigenvalue weighted by atomic mass is 9.92. The van der Waals surface area contributed by atoms with Crippen molar-refractivity contribution in [2.24, 2.45) is 5.73 Å². The minimum atomic E-state index is -1.04. The largest absolute Gasteiger partial charge is 0.480 e. The van der Waals surface area contributed by atoms with Gasteiger partial charge in [0.1, 0.15) is 5.54 Å². The molecule has 1 aliphatic rings. The zero-order valence-electron chi connectivity index (χ0n) is 10.5. The maximum atomic E-state index is 11.0. The Labute approximate surface area is 107 Å². The van der Waals surface area contributed by atoms with Crippen LogP contribution in [0.2, 0.25) is 0 Å². The van der Waals surface area contributed by atoms with Crippen molar-refractivity contribution in [1.29, 1.82) is 0 Å². The van der Waals surface area contributed by atoms with Crippen LogP contribution in [0.1, 0.15) is 39.0 Å². The van der Waals surface area contributed by atoms with Gasteiger partial charge in [-0.05, 0) is 37.9 Å². The summed E-state index contributed by atoms with van der Waals surface area (Å²) in [6.07, 6.45) is 4.64. The summed E-state index contributed by atoms with van der Waals surface area (Å²) in [5.74, 6) is 1.10. The predicted octanol–water partition coefficient (Wildman–Crippen LogP) is 1.87. The number of carboxylic acids is 1. The summed E-state index contributed by atoms with van der Waals surface area (Å²) in [6, 6.07) is 0. The van der Waals surface area contributed by atoms with E-state index in [1.165, 1.54) is 6.42 Å². The van der Waals surface area contributed by atoms with Gasteiger partial charge in [0.25, 0.3) is 0 Å². The van der Waals surface area contributed by atoms with E-state index < -0.39 is 11.5 Å². The topological polar surface area (TPSA) is 72.5 Å². The molecule has 0 aliphatic carbocycles. The lowest BCUT2D eigenvalue weighted by molar-refractivity contribution is -0.143. The molecule has 1 heterocycles. The molecule has 2 atom stereocenters. The molecule has 100 valence electrons. The number of aliphatic carboxylic acids is 1. The van der Waals surface area contributed by atoms with E-state index in [1.807, 2.05) is 18.7 Å². The van der Waals surface area contributed by atoms with Crippen LogP contribution in [0.3, 0.4) is 0 Å². The molecule has 1 saturated heterocycles.